The van der Waals surface area contributed by atoms with Crippen molar-refractivity contribution in [3.63, 3.8) is 0 Å². The Kier molecular flexibility index (Phi) is 5.86. The van der Waals surface area contributed by atoms with Gasteiger partial charge in [-0.3, -0.25) is 14.1 Å². The summed E-state index contributed by atoms with van der Waals surface area (Å²) in [6.45, 7) is 5.69. The third-order valence-corrected chi connectivity index (χ3v) is 7.06. The number of nitrogens with zero attached hydrogens (tertiary/aromatic N) is 4. The molecule has 5 rings (SSSR count). The molecule has 33 heavy (non-hydrogen) atoms. The predicted octanol–water partition coefficient (Wildman–Crippen LogP) is 4.48. The molecule has 1 saturated heterocycles. The molecule has 2 aromatic carbocycles. The summed E-state index contributed by atoms with van der Waals surface area (Å²) >= 11 is 1.61. The summed E-state index contributed by atoms with van der Waals surface area (Å²) < 4.78 is 20.9. The van der Waals surface area contributed by atoms with Gasteiger partial charge in [-0.2, -0.15) is 0 Å². The molecule has 0 radical (unpaired) electrons. The molecular weight excluding hydrogens is 439 g/mol. The van der Waals surface area contributed by atoms with E-state index in [9.17, 15) is 9.18 Å². The van der Waals surface area contributed by atoms with Gasteiger partial charge in [0.2, 0.25) is 0 Å². The third-order valence-electron chi connectivity index (χ3n) is 6.12. The first-order valence-corrected chi connectivity index (χ1v) is 11.8. The lowest BCUT2D eigenvalue weighted by Gasteiger charge is -2.34. The lowest BCUT2D eigenvalue weighted by molar-refractivity contribution is 0.0627. The molecule has 0 aliphatic carbocycles. The maximum absolute atomic E-state index is 13.5. The van der Waals surface area contributed by atoms with Crippen LogP contribution in [-0.2, 0) is 6.54 Å². The van der Waals surface area contributed by atoms with Gasteiger partial charge in [-0.05, 0) is 55.5 Å². The minimum atomic E-state index is -0.254. The molecular formula is C25H25FN4O2S. The van der Waals surface area contributed by atoms with E-state index in [0.29, 0.717) is 18.7 Å². The fraction of sp³-hybridized carbons (Fsp3) is 0.280. The summed E-state index contributed by atoms with van der Waals surface area (Å²) in [6.07, 6.45) is 0. The molecule has 8 heteroatoms. The van der Waals surface area contributed by atoms with Gasteiger partial charge in [-0.15, -0.1) is 11.3 Å². The van der Waals surface area contributed by atoms with Gasteiger partial charge in [0.15, 0.2) is 4.96 Å². The molecule has 2 aromatic heterocycles. The van der Waals surface area contributed by atoms with Crippen LogP contribution < -0.4 is 4.74 Å². The zero-order chi connectivity index (χ0) is 22.9. The quantitative estimate of drug-likeness (QED) is 0.437. The number of aryl methyl sites for hydroxylation is 1. The van der Waals surface area contributed by atoms with E-state index in [-0.39, 0.29) is 11.7 Å². The molecule has 3 heterocycles. The minimum absolute atomic E-state index is 0.0460. The smallest absolute Gasteiger partial charge is 0.253 e. The summed E-state index contributed by atoms with van der Waals surface area (Å²) in [5.74, 6) is 0.532. The van der Waals surface area contributed by atoms with Gasteiger partial charge in [0.1, 0.15) is 11.6 Å². The number of ether oxygens (including phenoxy) is 1. The number of hydrogen-bond donors (Lipinski definition) is 0. The molecule has 0 atom stereocenters. The highest BCUT2D eigenvalue weighted by atomic mass is 32.1. The van der Waals surface area contributed by atoms with Gasteiger partial charge in [-0.25, -0.2) is 9.37 Å². The van der Waals surface area contributed by atoms with Crippen molar-refractivity contribution >= 4 is 22.2 Å². The van der Waals surface area contributed by atoms with E-state index in [0.717, 1.165) is 53.0 Å². The molecule has 6 nitrogen and oxygen atoms in total. The van der Waals surface area contributed by atoms with Crippen LogP contribution in [0.25, 0.3) is 16.2 Å². The molecule has 0 bridgehead atoms. The Labute approximate surface area is 195 Å². The van der Waals surface area contributed by atoms with Gasteiger partial charge < -0.3 is 9.64 Å². The van der Waals surface area contributed by atoms with Crippen LogP contribution in [-0.4, -0.2) is 58.4 Å². The van der Waals surface area contributed by atoms with Crippen molar-refractivity contribution in [1.82, 2.24) is 19.2 Å². The average molecular weight is 465 g/mol. The first-order chi connectivity index (χ1) is 16.0. The maximum Gasteiger partial charge on any atom is 0.253 e. The molecule has 0 N–H and O–H groups in total. The molecule has 1 aliphatic rings. The standard InChI is InChI=1S/C25H25FN4O2S/c1-17-16-33-25-27-23(18-3-7-20(26)8-4-18)22(30(17)25)15-28-11-13-29(14-12-28)24(31)19-5-9-21(32-2)10-6-19/h3-10,16H,11-15H2,1-2H3. The monoisotopic (exact) mass is 464 g/mol. The molecule has 1 fully saturated rings. The Balaban J connectivity index is 1.33. The molecule has 0 spiro atoms. The number of hydrogen-bond acceptors (Lipinski definition) is 5. The second kappa shape index (κ2) is 8.96. The SMILES string of the molecule is COc1ccc(C(=O)N2CCN(Cc3c(-c4ccc(F)cc4)nc4scc(C)n34)CC2)cc1. The molecule has 1 amide bonds. The molecule has 1 aliphatic heterocycles. The fourth-order valence-electron chi connectivity index (χ4n) is 4.29. The topological polar surface area (TPSA) is 50.1 Å². The van der Waals surface area contributed by atoms with Crippen molar-refractivity contribution in [3.05, 3.63) is 76.7 Å². The van der Waals surface area contributed by atoms with Crippen LogP contribution in [0.4, 0.5) is 4.39 Å². The van der Waals surface area contributed by atoms with Gasteiger partial charge in [0.25, 0.3) is 5.91 Å². The summed E-state index contributed by atoms with van der Waals surface area (Å²) in [6, 6.07) is 13.8. The number of carbonyl (C=O) groups is 1. The number of rotatable bonds is 5. The first-order valence-electron chi connectivity index (χ1n) is 10.9. The van der Waals surface area contributed by atoms with Crippen molar-refractivity contribution in [3.8, 4) is 17.0 Å². The van der Waals surface area contributed by atoms with Crippen molar-refractivity contribution < 1.29 is 13.9 Å². The Bertz CT molecular complexity index is 1270. The van der Waals surface area contributed by atoms with Crippen LogP contribution in [0, 0.1) is 12.7 Å². The predicted molar refractivity (Wildman–Crippen MR) is 127 cm³/mol. The Morgan fingerprint density at radius 3 is 2.42 bits per heavy atom. The van der Waals surface area contributed by atoms with E-state index in [1.54, 1.807) is 30.6 Å². The van der Waals surface area contributed by atoms with Crippen LogP contribution >= 0.6 is 11.3 Å². The lowest BCUT2D eigenvalue weighted by Crippen LogP contribution is -2.48. The summed E-state index contributed by atoms with van der Waals surface area (Å²) in [7, 11) is 1.61. The van der Waals surface area contributed by atoms with Crippen molar-refractivity contribution in [1.29, 1.82) is 0 Å². The molecule has 4 aromatic rings. The van der Waals surface area contributed by atoms with Crippen LogP contribution in [0.5, 0.6) is 5.75 Å². The first kappa shape index (κ1) is 21.6. The van der Waals surface area contributed by atoms with E-state index < -0.39 is 0 Å². The normalized spacial score (nSPS) is 14.7. The number of amides is 1. The van der Waals surface area contributed by atoms with Gasteiger partial charge in [0, 0.05) is 54.9 Å². The number of imidazole rings is 1. The number of halogens is 1. The van der Waals surface area contributed by atoms with Crippen LogP contribution in [0.1, 0.15) is 21.7 Å². The van der Waals surface area contributed by atoms with E-state index >= 15 is 0 Å². The molecule has 170 valence electrons. The number of carbonyl (C=O) groups excluding carboxylic acids is 1. The largest absolute Gasteiger partial charge is 0.497 e. The second-order valence-corrected chi connectivity index (χ2v) is 9.04. The lowest BCUT2D eigenvalue weighted by atomic mass is 10.1. The highest BCUT2D eigenvalue weighted by molar-refractivity contribution is 7.15. The number of methoxy groups -OCH3 is 1. The van der Waals surface area contributed by atoms with E-state index in [1.807, 2.05) is 29.2 Å². The third kappa shape index (κ3) is 4.24. The minimum Gasteiger partial charge on any atom is -0.497 e. The van der Waals surface area contributed by atoms with Gasteiger partial charge >= 0.3 is 0 Å². The maximum atomic E-state index is 13.5. The van der Waals surface area contributed by atoms with Crippen molar-refractivity contribution in [2.24, 2.45) is 0 Å². The highest BCUT2D eigenvalue weighted by Crippen LogP contribution is 2.30. The average Bonchev–Trinajstić information content (AvgIpc) is 3.39. The summed E-state index contributed by atoms with van der Waals surface area (Å²) in [5.41, 5.74) is 4.72. The zero-order valence-corrected chi connectivity index (χ0v) is 19.4. The van der Waals surface area contributed by atoms with Gasteiger partial charge in [0.05, 0.1) is 18.5 Å². The Morgan fingerprint density at radius 2 is 1.76 bits per heavy atom. The van der Waals surface area contributed by atoms with Crippen molar-refractivity contribution in [2.45, 2.75) is 13.5 Å². The van der Waals surface area contributed by atoms with E-state index in [4.69, 9.17) is 9.72 Å². The Hall–Kier alpha value is -3.23. The van der Waals surface area contributed by atoms with E-state index in [2.05, 4.69) is 21.6 Å². The summed E-state index contributed by atoms with van der Waals surface area (Å²) in [5, 5.41) is 2.10. The van der Waals surface area contributed by atoms with Crippen molar-refractivity contribution in [2.75, 3.05) is 33.3 Å². The number of piperazine rings is 1. The van der Waals surface area contributed by atoms with Crippen LogP contribution in [0.15, 0.2) is 53.9 Å². The summed E-state index contributed by atoms with van der Waals surface area (Å²) in [4.78, 5) is 22.9. The number of benzene rings is 2. The Morgan fingerprint density at radius 1 is 1.06 bits per heavy atom. The highest BCUT2D eigenvalue weighted by Gasteiger charge is 2.25. The number of aromatic nitrogens is 2. The van der Waals surface area contributed by atoms with Crippen LogP contribution in [0.2, 0.25) is 0 Å². The van der Waals surface area contributed by atoms with Crippen LogP contribution in [0.3, 0.4) is 0 Å². The second-order valence-electron chi connectivity index (χ2n) is 8.21. The van der Waals surface area contributed by atoms with E-state index in [1.165, 1.54) is 12.1 Å². The number of thiazole rings is 1. The molecule has 0 unspecified atom stereocenters. The number of fused-ring (bicyclic) bond motifs is 1. The molecule has 0 saturated carbocycles. The van der Waals surface area contributed by atoms with Gasteiger partial charge in [-0.1, -0.05) is 0 Å². The fourth-order valence-corrected chi connectivity index (χ4v) is 5.17. The zero-order valence-electron chi connectivity index (χ0n) is 18.6.